The van der Waals surface area contributed by atoms with Crippen molar-refractivity contribution < 1.29 is 9.52 Å². The maximum absolute atomic E-state index is 9.67. The molecule has 0 aromatic carbocycles. The number of nitrogens with one attached hydrogen (secondary N) is 1. The summed E-state index contributed by atoms with van der Waals surface area (Å²) in [6.45, 7) is 8.24. The van der Waals surface area contributed by atoms with Crippen LogP contribution in [0.15, 0.2) is 16.5 Å². The van der Waals surface area contributed by atoms with Gasteiger partial charge in [0, 0.05) is 11.5 Å². The second-order valence-corrected chi connectivity index (χ2v) is 5.46. The van der Waals surface area contributed by atoms with Gasteiger partial charge in [0.25, 0.3) is 0 Å². The van der Waals surface area contributed by atoms with Gasteiger partial charge >= 0.3 is 0 Å². The highest BCUT2D eigenvalue weighted by Crippen LogP contribution is 2.41. The van der Waals surface area contributed by atoms with Gasteiger partial charge in [-0.05, 0) is 32.4 Å². The van der Waals surface area contributed by atoms with E-state index in [0.29, 0.717) is 6.04 Å². The summed E-state index contributed by atoms with van der Waals surface area (Å²) in [4.78, 5) is 0. The van der Waals surface area contributed by atoms with Gasteiger partial charge in [0.05, 0.1) is 12.1 Å². The quantitative estimate of drug-likeness (QED) is 0.827. The molecule has 1 aromatic rings. The Morgan fingerprint density at radius 2 is 2.19 bits per heavy atom. The number of aliphatic hydroxyl groups is 1. The number of aryl methyl sites for hydroxylation is 1. The molecule has 1 aliphatic carbocycles. The number of rotatable bonds is 3. The van der Waals surface area contributed by atoms with E-state index >= 15 is 0 Å². The first-order valence-electron chi connectivity index (χ1n) is 5.91. The number of hydrogen-bond donors (Lipinski definition) is 2. The van der Waals surface area contributed by atoms with Crippen molar-refractivity contribution in [1.82, 2.24) is 5.32 Å². The average molecular weight is 223 g/mol. The predicted molar refractivity (Wildman–Crippen MR) is 63.2 cm³/mol. The molecule has 0 spiro atoms. The first-order chi connectivity index (χ1) is 7.41. The molecule has 0 radical (unpaired) electrons. The SMILES string of the molecule is Cc1ccc(C(C)NC2CC(O)C2(C)C)o1. The summed E-state index contributed by atoms with van der Waals surface area (Å²) in [5.74, 6) is 1.91. The molecule has 1 saturated carbocycles. The van der Waals surface area contributed by atoms with Crippen LogP contribution < -0.4 is 5.32 Å². The van der Waals surface area contributed by atoms with E-state index in [1.807, 2.05) is 19.1 Å². The van der Waals surface area contributed by atoms with E-state index in [9.17, 15) is 5.11 Å². The van der Waals surface area contributed by atoms with Crippen LogP contribution in [0.5, 0.6) is 0 Å². The second-order valence-electron chi connectivity index (χ2n) is 5.46. The van der Waals surface area contributed by atoms with Crippen LogP contribution >= 0.6 is 0 Å². The van der Waals surface area contributed by atoms with E-state index in [4.69, 9.17) is 4.42 Å². The Hall–Kier alpha value is -0.800. The summed E-state index contributed by atoms with van der Waals surface area (Å²) in [6.07, 6.45) is 0.646. The van der Waals surface area contributed by atoms with Crippen LogP contribution in [0.25, 0.3) is 0 Å². The molecule has 0 bridgehead atoms. The van der Waals surface area contributed by atoms with Crippen LogP contribution in [0, 0.1) is 12.3 Å². The predicted octanol–water partition coefficient (Wildman–Crippen LogP) is 2.40. The van der Waals surface area contributed by atoms with Crippen LogP contribution in [-0.4, -0.2) is 17.3 Å². The molecule has 3 atom stereocenters. The fraction of sp³-hybridized carbons (Fsp3) is 0.692. The zero-order chi connectivity index (χ0) is 11.9. The van der Waals surface area contributed by atoms with Crippen LogP contribution in [0.3, 0.4) is 0 Å². The van der Waals surface area contributed by atoms with E-state index < -0.39 is 0 Å². The van der Waals surface area contributed by atoms with Gasteiger partial charge in [0.2, 0.25) is 0 Å². The van der Waals surface area contributed by atoms with Gasteiger partial charge in [-0.2, -0.15) is 0 Å². The van der Waals surface area contributed by atoms with Gasteiger partial charge in [0.15, 0.2) is 0 Å². The molecule has 90 valence electrons. The Bertz CT molecular complexity index is 370. The van der Waals surface area contributed by atoms with E-state index in [-0.39, 0.29) is 17.6 Å². The molecule has 1 aliphatic rings. The zero-order valence-electron chi connectivity index (χ0n) is 10.4. The lowest BCUT2D eigenvalue weighted by molar-refractivity contribution is -0.0760. The summed E-state index contributed by atoms with van der Waals surface area (Å²) >= 11 is 0. The molecule has 2 N–H and O–H groups in total. The topological polar surface area (TPSA) is 45.4 Å². The zero-order valence-corrected chi connectivity index (χ0v) is 10.4. The lowest BCUT2D eigenvalue weighted by Crippen LogP contribution is -2.60. The number of aliphatic hydroxyl groups excluding tert-OH is 1. The molecule has 3 unspecified atom stereocenters. The Kier molecular flexibility index (Phi) is 2.84. The molecule has 0 aliphatic heterocycles. The van der Waals surface area contributed by atoms with Crippen LogP contribution in [0.4, 0.5) is 0 Å². The maximum Gasteiger partial charge on any atom is 0.120 e. The first kappa shape index (κ1) is 11.7. The van der Waals surface area contributed by atoms with Crippen LogP contribution in [-0.2, 0) is 0 Å². The fourth-order valence-corrected chi connectivity index (χ4v) is 2.26. The molecule has 0 amide bonds. The molecule has 2 rings (SSSR count). The van der Waals surface area contributed by atoms with Crippen molar-refractivity contribution in [2.75, 3.05) is 0 Å². The van der Waals surface area contributed by atoms with Gasteiger partial charge in [-0.15, -0.1) is 0 Å². The molecule has 1 fully saturated rings. The Morgan fingerprint density at radius 1 is 1.50 bits per heavy atom. The van der Waals surface area contributed by atoms with Gasteiger partial charge < -0.3 is 14.8 Å². The van der Waals surface area contributed by atoms with Crippen molar-refractivity contribution in [3.8, 4) is 0 Å². The fourth-order valence-electron chi connectivity index (χ4n) is 2.26. The third kappa shape index (κ3) is 1.89. The standard InChI is InChI=1S/C13H21NO2/c1-8-5-6-10(16-8)9(2)14-11-7-12(15)13(11,3)4/h5-6,9,11-12,14-15H,7H2,1-4H3. The van der Waals surface area contributed by atoms with Crippen molar-refractivity contribution in [3.63, 3.8) is 0 Å². The molecular formula is C13H21NO2. The normalized spacial score (nSPS) is 29.8. The van der Waals surface area contributed by atoms with Crippen molar-refractivity contribution in [2.45, 2.75) is 52.3 Å². The lowest BCUT2D eigenvalue weighted by Gasteiger charge is -2.50. The van der Waals surface area contributed by atoms with Crippen molar-refractivity contribution in [3.05, 3.63) is 23.7 Å². The smallest absolute Gasteiger partial charge is 0.120 e. The second kappa shape index (κ2) is 3.90. The highest BCUT2D eigenvalue weighted by molar-refractivity contribution is 5.11. The van der Waals surface area contributed by atoms with Crippen molar-refractivity contribution in [2.24, 2.45) is 5.41 Å². The Morgan fingerprint density at radius 3 is 2.62 bits per heavy atom. The minimum Gasteiger partial charge on any atom is -0.465 e. The Balaban J connectivity index is 1.96. The van der Waals surface area contributed by atoms with Crippen molar-refractivity contribution >= 4 is 0 Å². The van der Waals surface area contributed by atoms with Crippen LogP contribution in [0.1, 0.15) is 44.8 Å². The van der Waals surface area contributed by atoms with Gasteiger partial charge in [-0.25, -0.2) is 0 Å². The summed E-state index contributed by atoms with van der Waals surface area (Å²) < 4.78 is 5.58. The molecule has 1 heterocycles. The third-order valence-electron chi connectivity index (χ3n) is 3.86. The van der Waals surface area contributed by atoms with Crippen molar-refractivity contribution in [1.29, 1.82) is 0 Å². The third-order valence-corrected chi connectivity index (χ3v) is 3.86. The summed E-state index contributed by atoms with van der Waals surface area (Å²) in [6, 6.07) is 4.55. The first-order valence-corrected chi connectivity index (χ1v) is 5.91. The summed E-state index contributed by atoms with van der Waals surface area (Å²) in [5.41, 5.74) is -0.0318. The molecular weight excluding hydrogens is 202 g/mol. The molecule has 3 nitrogen and oxygen atoms in total. The van der Waals surface area contributed by atoms with Crippen LogP contribution in [0.2, 0.25) is 0 Å². The van der Waals surface area contributed by atoms with E-state index in [0.717, 1.165) is 17.9 Å². The minimum atomic E-state index is -0.185. The molecule has 3 heteroatoms. The highest BCUT2D eigenvalue weighted by atomic mass is 16.3. The van der Waals surface area contributed by atoms with E-state index in [1.54, 1.807) is 0 Å². The van der Waals surface area contributed by atoms with E-state index in [1.165, 1.54) is 0 Å². The number of furan rings is 1. The monoisotopic (exact) mass is 223 g/mol. The summed E-state index contributed by atoms with van der Waals surface area (Å²) in [7, 11) is 0. The van der Waals surface area contributed by atoms with Gasteiger partial charge in [-0.1, -0.05) is 13.8 Å². The largest absolute Gasteiger partial charge is 0.465 e. The number of hydrogen-bond acceptors (Lipinski definition) is 3. The maximum atomic E-state index is 9.67. The molecule has 0 saturated heterocycles. The van der Waals surface area contributed by atoms with Gasteiger partial charge in [0.1, 0.15) is 11.5 Å². The minimum absolute atomic E-state index is 0.0318. The average Bonchev–Trinajstić information content (AvgIpc) is 2.64. The molecule has 16 heavy (non-hydrogen) atoms. The van der Waals surface area contributed by atoms with Gasteiger partial charge in [-0.3, -0.25) is 0 Å². The highest BCUT2D eigenvalue weighted by Gasteiger charge is 2.47. The molecule has 1 aromatic heterocycles. The Labute approximate surface area is 96.8 Å². The summed E-state index contributed by atoms with van der Waals surface area (Å²) in [5, 5.41) is 13.2. The van der Waals surface area contributed by atoms with E-state index in [2.05, 4.69) is 26.1 Å². The lowest BCUT2D eigenvalue weighted by atomic mass is 9.64.